The van der Waals surface area contributed by atoms with E-state index in [2.05, 4.69) is 10.6 Å². The summed E-state index contributed by atoms with van der Waals surface area (Å²) >= 11 is 0. The molecular weight excluding hydrogens is 254 g/mol. The first kappa shape index (κ1) is 13.9. The maximum Gasteiger partial charge on any atom is 0.323 e. The quantitative estimate of drug-likeness (QED) is 0.748. The van der Waals surface area contributed by atoms with E-state index in [9.17, 15) is 4.79 Å². The van der Waals surface area contributed by atoms with Gasteiger partial charge < -0.3 is 21.1 Å². The van der Waals surface area contributed by atoms with Crippen LogP contribution in [0.5, 0.6) is 0 Å². The van der Waals surface area contributed by atoms with Gasteiger partial charge in [0.05, 0.1) is 6.61 Å². The Morgan fingerprint density at radius 3 is 2.50 bits per heavy atom. The Bertz CT molecular complexity index is 582. The molecular formula is C15H17N3O2. The largest absolute Gasteiger partial charge is 0.399 e. The van der Waals surface area contributed by atoms with Crippen molar-refractivity contribution in [2.24, 2.45) is 0 Å². The number of hydrogen-bond donors (Lipinski definition) is 3. The number of urea groups is 1. The van der Waals surface area contributed by atoms with Crippen molar-refractivity contribution < 1.29 is 9.53 Å². The number of anilines is 3. The molecule has 0 heterocycles. The second-order valence-corrected chi connectivity index (χ2v) is 4.29. The van der Waals surface area contributed by atoms with E-state index in [4.69, 9.17) is 10.5 Å². The number of benzene rings is 2. The van der Waals surface area contributed by atoms with Crippen LogP contribution in [-0.2, 0) is 11.3 Å². The first-order chi connectivity index (χ1) is 9.69. The van der Waals surface area contributed by atoms with Crippen molar-refractivity contribution in [1.82, 2.24) is 0 Å². The summed E-state index contributed by atoms with van der Waals surface area (Å²) in [5, 5.41) is 5.54. The van der Waals surface area contributed by atoms with Crippen molar-refractivity contribution in [3.8, 4) is 0 Å². The predicted molar refractivity (Wildman–Crippen MR) is 80.7 cm³/mol. The smallest absolute Gasteiger partial charge is 0.323 e. The number of carbonyl (C=O) groups excluding carboxylic acids is 1. The molecule has 0 radical (unpaired) electrons. The standard InChI is InChI=1S/C15H17N3O2/c1-20-10-11-4-2-3-5-14(11)18-15(19)17-13-8-6-12(16)7-9-13/h2-9H,10,16H2,1H3,(H2,17,18,19). The topological polar surface area (TPSA) is 76.4 Å². The molecule has 5 nitrogen and oxygen atoms in total. The van der Waals surface area contributed by atoms with Crippen LogP contribution >= 0.6 is 0 Å². The van der Waals surface area contributed by atoms with Crippen molar-refractivity contribution in [3.05, 3.63) is 54.1 Å². The SMILES string of the molecule is COCc1ccccc1NC(=O)Nc1ccc(N)cc1. The molecule has 2 aromatic carbocycles. The van der Waals surface area contributed by atoms with Gasteiger partial charge in [0.1, 0.15) is 0 Å². The molecule has 0 aliphatic rings. The summed E-state index contributed by atoms with van der Waals surface area (Å²) < 4.78 is 5.10. The molecule has 2 amide bonds. The fourth-order valence-corrected chi connectivity index (χ4v) is 1.77. The molecule has 20 heavy (non-hydrogen) atoms. The lowest BCUT2D eigenvalue weighted by molar-refractivity contribution is 0.185. The lowest BCUT2D eigenvalue weighted by atomic mass is 10.2. The van der Waals surface area contributed by atoms with Crippen molar-refractivity contribution in [2.45, 2.75) is 6.61 Å². The van der Waals surface area contributed by atoms with E-state index in [-0.39, 0.29) is 6.03 Å². The van der Waals surface area contributed by atoms with Crippen LogP contribution in [0.3, 0.4) is 0 Å². The molecule has 0 atom stereocenters. The summed E-state index contributed by atoms with van der Waals surface area (Å²) in [6.07, 6.45) is 0. The van der Waals surface area contributed by atoms with Crippen LogP contribution in [0, 0.1) is 0 Å². The van der Waals surface area contributed by atoms with Crippen LogP contribution in [0.4, 0.5) is 21.9 Å². The number of nitrogens with two attached hydrogens (primary N) is 1. The van der Waals surface area contributed by atoms with E-state index in [1.807, 2.05) is 24.3 Å². The monoisotopic (exact) mass is 271 g/mol. The van der Waals surface area contributed by atoms with E-state index in [0.29, 0.717) is 18.0 Å². The number of ether oxygens (including phenoxy) is 1. The van der Waals surface area contributed by atoms with Gasteiger partial charge in [-0.2, -0.15) is 0 Å². The summed E-state index contributed by atoms with van der Waals surface area (Å²) in [5.74, 6) is 0. The first-order valence-electron chi connectivity index (χ1n) is 6.19. The minimum absolute atomic E-state index is 0.307. The molecule has 5 heteroatoms. The highest BCUT2D eigenvalue weighted by Crippen LogP contribution is 2.17. The first-order valence-corrected chi connectivity index (χ1v) is 6.19. The Morgan fingerprint density at radius 1 is 1.10 bits per heavy atom. The summed E-state index contributed by atoms with van der Waals surface area (Å²) in [4.78, 5) is 11.9. The van der Waals surface area contributed by atoms with Gasteiger partial charge in [-0.05, 0) is 30.3 Å². The number of hydrogen-bond acceptors (Lipinski definition) is 3. The van der Waals surface area contributed by atoms with E-state index in [1.54, 1.807) is 31.4 Å². The molecule has 0 saturated heterocycles. The van der Waals surface area contributed by atoms with Crippen LogP contribution in [0.1, 0.15) is 5.56 Å². The molecule has 0 aromatic heterocycles. The molecule has 4 N–H and O–H groups in total. The van der Waals surface area contributed by atoms with Crippen molar-refractivity contribution in [3.63, 3.8) is 0 Å². The number of nitrogen functional groups attached to an aromatic ring is 1. The molecule has 0 fully saturated rings. The number of nitrogens with one attached hydrogen (secondary N) is 2. The van der Waals surface area contributed by atoms with Crippen LogP contribution in [-0.4, -0.2) is 13.1 Å². The summed E-state index contributed by atoms with van der Waals surface area (Å²) in [6.45, 7) is 0.443. The fourth-order valence-electron chi connectivity index (χ4n) is 1.77. The summed E-state index contributed by atoms with van der Waals surface area (Å²) in [7, 11) is 1.62. The minimum atomic E-state index is -0.307. The van der Waals surface area contributed by atoms with Gasteiger partial charge >= 0.3 is 6.03 Å². The van der Waals surface area contributed by atoms with Gasteiger partial charge in [-0.15, -0.1) is 0 Å². The minimum Gasteiger partial charge on any atom is -0.399 e. The maximum absolute atomic E-state index is 11.9. The average Bonchev–Trinajstić information content (AvgIpc) is 2.44. The Kier molecular flexibility index (Phi) is 4.57. The summed E-state index contributed by atoms with van der Waals surface area (Å²) in [5.41, 5.74) is 8.57. The van der Waals surface area contributed by atoms with E-state index >= 15 is 0 Å². The second-order valence-electron chi connectivity index (χ2n) is 4.29. The van der Waals surface area contributed by atoms with Gasteiger partial charge in [0, 0.05) is 29.7 Å². The van der Waals surface area contributed by atoms with Crippen LogP contribution in [0.25, 0.3) is 0 Å². The second kappa shape index (κ2) is 6.58. The van der Waals surface area contributed by atoms with Gasteiger partial charge in [-0.25, -0.2) is 4.79 Å². The maximum atomic E-state index is 11.9. The Hall–Kier alpha value is -2.53. The number of carbonyl (C=O) groups is 1. The zero-order valence-electron chi connectivity index (χ0n) is 11.2. The molecule has 0 spiro atoms. The zero-order chi connectivity index (χ0) is 14.4. The van der Waals surface area contributed by atoms with Crippen LogP contribution < -0.4 is 16.4 Å². The van der Waals surface area contributed by atoms with E-state index < -0.39 is 0 Å². The van der Waals surface area contributed by atoms with Gasteiger partial charge in [-0.3, -0.25) is 0 Å². The molecule has 0 aliphatic heterocycles. The highest BCUT2D eigenvalue weighted by Gasteiger charge is 2.06. The lowest BCUT2D eigenvalue weighted by Gasteiger charge is -2.11. The zero-order valence-corrected chi connectivity index (χ0v) is 11.2. The predicted octanol–water partition coefficient (Wildman–Crippen LogP) is 3.06. The van der Waals surface area contributed by atoms with E-state index in [1.165, 1.54) is 0 Å². The van der Waals surface area contributed by atoms with Crippen LogP contribution in [0.15, 0.2) is 48.5 Å². The number of rotatable bonds is 4. The molecule has 0 unspecified atom stereocenters. The van der Waals surface area contributed by atoms with Gasteiger partial charge in [0.15, 0.2) is 0 Å². The van der Waals surface area contributed by atoms with E-state index in [0.717, 1.165) is 11.3 Å². The van der Waals surface area contributed by atoms with Crippen LogP contribution in [0.2, 0.25) is 0 Å². The summed E-state index contributed by atoms with van der Waals surface area (Å²) in [6, 6.07) is 14.1. The third-order valence-electron chi connectivity index (χ3n) is 2.73. The molecule has 0 saturated carbocycles. The molecule has 2 aromatic rings. The van der Waals surface area contributed by atoms with Crippen molar-refractivity contribution in [2.75, 3.05) is 23.5 Å². The average molecular weight is 271 g/mol. The van der Waals surface area contributed by atoms with Gasteiger partial charge in [0.25, 0.3) is 0 Å². The Labute approximate surface area is 117 Å². The Morgan fingerprint density at radius 2 is 1.80 bits per heavy atom. The molecule has 0 bridgehead atoms. The number of para-hydroxylation sites is 1. The number of methoxy groups -OCH3 is 1. The molecule has 2 rings (SSSR count). The number of amides is 2. The Balaban J connectivity index is 2.02. The lowest BCUT2D eigenvalue weighted by Crippen LogP contribution is -2.20. The van der Waals surface area contributed by atoms with Crippen molar-refractivity contribution in [1.29, 1.82) is 0 Å². The highest BCUT2D eigenvalue weighted by atomic mass is 16.5. The third-order valence-corrected chi connectivity index (χ3v) is 2.73. The van der Waals surface area contributed by atoms with Crippen molar-refractivity contribution >= 4 is 23.1 Å². The van der Waals surface area contributed by atoms with Gasteiger partial charge in [-0.1, -0.05) is 18.2 Å². The molecule has 104 valence electrons. The highest BCUT2D eigenvalue weighted by molar-refractivity contribution is 6.00. The molecule has 0 aliphatic carbocycles. The normalized spacial score (nSPS) is 10.1. The van der Waals surface area contributed by atoms with Gasteiger partial charge in [0.2, 0.25) is 0 Å². The third kappa shape index (κ3) is 3.73. The fraction of sp³-hybridized carbons (Fsp3) is 0.133.